The summed E-state index contributed by atoms with van der Waals surface area (Å²) < 4.78 is 39.1. The molecule has 148 valence electrons. The zero-order chi connectivity index (χ0) is 19.7. The van der Waals surface area contributed by atoms with Crippen LogP contribution >= 0.6 is 0 Å². The van der Waals surface area contributed by atoms with Crippen LogP contribution in [0.15, 0.2) is 42.7 Å². The predicted molar refractivity (Wildman–Crippen MR) is 97.8 cm³/mol. The van der Waals surface area contributed by atoms with Crippen molar-refractivity contribution < 1.29 is 18.0 Å². The van der Waals surface area contributed by atoms with Crippen LogP contribution in [0.4, 0.5) is 13.2 Å². The van der Waals surface area contributed by atoms with Gasteiger partial charge in [-0.15, -0.1) is 0 Å². The summed E-state index contributed by atoms with van der Waals surface area (Å²) in [4.78, 5) is 23.7. The molecule has 2 aromatic heterocycles. The van der Waals surface area contributed by atoms with Crippen molar-refractivity contribution in [2.24, 2.45) is 0 Å². The van der Waals surface area contributed by atoms with E-state index in [2.05, 4.69) is 9.97 Å². The van der Waals surface area contributed by atoms with Crippen LogP contribution in [0.3, 0.4) is 0 Å². The second-order valence-corrected chi connectivity index (χ2v) is 6.93. The number of aromatic amines is 1. The standard InChI is InChI=1S/C19H20F3N5O/c20-19(21,22)13-27-6-5-23-17(27)12-25-7-9-26(10-8-25)18(28)16-11-14-3-1-2-4-15(14)24-16/h1-6,11,24H,7-10,12-13H2. The van der Waals surface area contributed by atoms with Gasteiger partial charge >= 0.3 is 6.18 Å². The summed E-state index contributed by atoms with van der Waals surface area (Å²) in [7, 11) is 0. The normalized spacial score (nSPS) is 16.0. The Labute approximate surface area is 159 Å². The van der Waals surface area contributed by atoms with Gasteiger partial charge in [-0.05, 0) is 12.1 Å². The highest BCUT2D eigenvalue weighted by molar-refractivity contribution is 5.98. The minimum absolute atomic E-state index is 0.0607. The molecule has 1 fully saturated rings. The number of imidazole rings is 1. The topological polar surface area (TPSA) is 57.2 Å². The van der Waals surface area contributed by atoms with E-state index in [0.717, 1.165) is 15.5 Å². The summed E-state index contributed by atoms with van der Waals surface area (Å²) >= 11 is 0. The van der Waals surface area contributed by atoms with Crippen molar-refractivity contribution in [1.29, 1.82) is 0 Å². The summed E-state index contributed by atoms with van der Waals surface area (Å²) in [5.41, 5.74) is 1.47. The van der Waals surface area contributed by atoms with Gasteiger partial charge in [0.25, 0.3) is 5.91 Å². The maximum atomic E-state index is 12.7. The molecule has 0 radical (unpaired) electrons. The van der Waals surface area contributed by atoms with Crippen LogP contribution in [0.1, 0.15) is 16.3 Å². The number of piperazine rings is 1. The first-order chi connectivity index (χ1) is 13.4. The fourth-order valence-electron chi connectivity index (χ4n) is 3.50. The fourth-order valence-corrected chi connectivity index (χ4v) is 3.50. The van der Waals surface area contributed by atoms with Gasteiger partial charge in [0.15, 0.2) is 0 Å². The molecule has 0 unspecified atom stereocenters. The lowest BCUT2D eigenvalue weighted by molar-refractivity contribution is -0.141. The zero-order valence-corrected chi connectivity index (χ0v) is 15.1. The summed E-state index contributed by atoms with van der Waals surface area (Å²) in [6.07, 6.45) is -1.55. The average molecular weight is 391 g/mol. The maximum absolute atomic E-state index is 12.7. The van der Waals surface area contributed by atoms with Gasteiger partial charge in [-0.25, -0.2) is 4.98 Å². The number of hydrogen-bond donors (Lipinski definition) is 1. The first-order valence-electron chi connectivity index (χ1n) is 9.05. The number of nitrogens with one attached hydrogen (secondary N) is 1. The second kappa shape index (κ2) is 7.31. The van der Waals surface area contributed by atoms with Gasteiger partial charge in [0.05, 0.1) is 6.54 Å². The summed E-state index contributed by atoms with van der Waals surface area (Å²) in [5, 5.41) is 0.987. The highest BCUT2D eigenvalue weighted by Gasteiger charge is 2.29. The van der Waals surface area contributed by atoms with Crippen LogP contribution in [0.5, 0.6) is 0 Å². The van der Waals surface area contributed by atoms with Crippen LogP contribution in [0.2, 0.25) is 0 Å². The minimum atomic E-state index is -4.28. The second-order valence-electron chi connectivity index (χ2n) is 6.93. The van der Waals surface area contributed by atoms with Crippen molar-refractivity contribution in [3.05, 3.63) is 54.2 Å². The van der Waals surface area contributed by atoms with Crippen molar-refractivity contribution in [2.75, 3.05) is 26.2 Å². The third-order valence-electron chi connectivity index (χ3n) is 4.94. The average Bonchev–Trinajstić information content (AvgIpc) is 3.27. The van der Waals surface area contributed by atoms with E-state index in [-0.39, 0.29) is 5.91 Å². The van der Waals surface area contributed by atoms with Gasteiger partial charge in [0, 0.05) is 49.5 Å². The Bertz CT molecular complexity index is 936. The van der Waals surface area contributed by atoms with E-state index in [1.807, 2.05) is 35.2 Å². The first-order valence-corrected chi connectivity index (χ1v) is 9.05. The van der Waals surface area contributed by atoms with E-state index in [4.69, 9.17) is 0 Å². The Balaban J connectivity index is 1.36. The molecule has 6 nitrogen and oxygen atoms in total. The van der Waals surface area contributed by atoms with E-state index in [9.17, 15) is 18.0 Å². The number of carbonyl (C=O) groups is 1. The molecule has 9 heteroatoms. The summed E-state index contributed by atoms with van der Waals surface area (Å²) in [6.45, 7) is 1.51. The zero-order valence-electron chi connectivity index (χ0n) is 15.1. The molecule has 0 aliphatic carbocycles. The number of H-pyrrole nitrogens is 1. The lowest BCUT2D eigenvalue weighted by atomic mass is 10.2. The molecule has 0 spiro atoms. The van der Waals surface area contributed by atoms with Gasteiger partial charge < -0.3 is 14.5 Å². The number of benzene rings is 1. The van der Waals surface area contributed by atoms with Crippen LogP contribution in [-0.2, 0) is 13.1 Å². The van der Waals surface area contributed by atoms with E-state index in [1.54, 1.807) is 4.90 Å². The Morgan fingerprint density at radius 2 is 1.89 bits per heavy atom. The number of amides is 1. The Morgan fingerprint density at radius 3 is 2.61 bits per heavy atom. The molecule has 0 atom stereocenters. The quantitative estimate of drug-likeness (QED) is 0.744. The smallest absolute Gasteiger partial charge is 0.351 e. The van der Waals surface area contributed by atoms with Gasteiger partial charge in [-0.2, -0.15) is 13.2 Å². The monoisotopic (exact) mass is 391 g/mol. The maximum Gasteiger partial charge on any atom is 0.406 e. The van der Waals surface area contributed by atoms with Crippen molar-refractivity contribution in [3.63, 3.8) is 0 Å². The number of hydrogen-bond acceptors (Lipinski definition) is 3. The Hall–Kier alpha value is -2.81. The Morgan fingerprint density at radius 1 is 1.14 bits per heavy atom. The number of nitrogens with zero attached hydrogens (tertiary/aromatic N) is 4. The number of rotatable bonds is 4. The molecule has 1 aromatic carbocycles. The lowest BCUT2D eigenvalue weighted by Gasteiger charge is -2.34. The molecule has 0 bridgehead atoms. The molecule has 3 aromatic rings. The molecular weight excluding hydrogens is 371 g/mol. The van der Waals surface area contributed by atoms with Gasteiger partial charge in [0.1, 0.15) is 18.1 Å². The third kappa shape index (κ3) is 4.04. The van der Waals surface area contributed by atoms with E-state index < -0.39 is 12.7 Å². The van der Waals surface area contributed by atoms with E-state index in [1.165, 1.54) is 12.4 Å². The molecule has 0 saturated carbocycles. The number of halogens is 3. The third-order valence-corrected chi connectivity index (χ3v) is 4.94. The van der Waals surface area contributed by atoms with Gasteiger partial charge in [0.2, 0.25) is 0 Å². The van der Waals surface area contributed by atoms with Crippen LogP contribution in [-0.4, -0.2) is 62.6 Å². The molecule has 1 amide bonds. The van der Waals surface area contributed by atoms with Crippen LogP contribution in [0, 0.1) is 0 Å². The largest absolute Gasteiger partial charge is 0.406 e. The highest BCUT2D eigenvalue weighted by Crippen LogP contribution is 2.20. The molecule has 4 rings (SSSR count). The first kappa shape index (κ1) is 18.5. The molecule has 1 aliphatic rings. The summed E-state index contributed by atoms with van der Waals surface area (Å²) in [5.74, 6) is 0.321. The van der Waals surface area contributed by atoms with Crippen LogP contribution in [0.25, 0.3) is 10.9 Å². The molecule has 28 heavy (non-hydrogen) atoms. The predicted octanol–water partition coefficient (Wildman–Crippen LogP) is 2.88. The van der Waals surface area contributed by atoms with Crippen molar-refractivity contribution in [3.8, 4) is 0 Å². The summed E-state index contributed by atoms with van der Waals surface area (Å²) in [6, 6.07) is 9.55. The Kier molecular flexibility index (Phi) is 4.84. The van der Waals surface area contributed by atoms with Crippen molar-refractivity contribution in [2.45, 2.75) is 19.3 Å². The molecule has 1 N–H and O–H groups in total. The SMILES string of the molecule is O=C(c1cc2ccccc2[nH]1)N1CCN(Cc2nccn2CC(F)(F)F)CC1. The number of aromatic nitrogens is 3. The molecule has 1 aliphatic heterocycles. The van der Waals surface area contributed by atoms with E-state index in [0.29, 0.717) is 44.2 Å². The van der Waals surface area contributed by atoms with Gasteiger partial charge in [-0.1, -0.05) is 18.2 Å². The van der Waals surface area contributed by atoms with Crippen LogP contribution < -0.4 is 0 Å². The van der Waals surface area contributed by atoms with Crippen molar-refractivity contribution >= 4 is 16.8 Å². The lowest BCUT2D eigenvalue weighted by Crippen LogP contribution is -2.48. The minimum Gasteiger partial charge on any atom is -0.351 e. The highest BCUT2D eigenvalue weighted by atomic mass is 19.4. The number of alkyl halides is 3. The van der Waals surface area contributed by atoms with E-state index >= 15 is 0 Å². The molecule has 1 saturated heterocycles. The fraction of sp³-hybridized carbons (Fsp3) is 0.368. The molecule has 3 heterocycles. The van der Waals surface area contributed by atoms with Crippen molar-refractivity contribution in [1.82, 2.24) is 24.3 Å². The molecular formula is C19H20F3N5O. The van der Waals surface area contributed by atoms with Gasteiger partial charge in [-0.3, -0.25) is 9.69 Å². The number of para-hydroxylation sites is 1. The number of fused-ring (bicyclic) bond motifs is 1. The number of carbonyl (C=O) groups excluding carboxylic acids is 1.